The van der Waals surface area contributed by atoms with Gasteiger partial charge in [-0.25, -0.2) is 8.42 Å². The smallest absolute Gasteiger partial charge is 0.256 e. The van der Waals surface area contributed by atoms with Gasteiger partial charge in [-0.1, -0.05) is 24.6 Å². The first kappa shape index (κ1) is 25.7. The molecule has 8 nitrogen and oxygen atoms in total. The minimum Gasteiger partial charge on any atom is -0.506 e. The lowest BCUT2D eigenvalue weighted by Gasteiger charge is -2.17. The molecule has 3 N–H and O–H groups in total. The molecular formula is C23H21BrClN3O5S. The molecule has 0 bridgehead atoms. The maximum Gasteiger partial charge on any atom is 0.256 e. The number of nitrogens with zero attached hydrogens (tertiary/aromatic N) is 1. The second kappa shape index (κ2) is 10.5. The maximum atomic E-state index is 12.9. The topological polar surface area (TPSA) is 125 Å². The quantitative estimate of drug-likeness (QED) is 0.347. The predicted octanol–water partition coefficient (Wildman–Crippen LogP) is 4.95. The Balaban J connectivity index is 1.81. The molecule has 0 fully saturated rings. The van der Waals surface area contributed by atoms with Crippen LogP contribution in [0.4, 0.5) is 11.4 Å². The second-order valence-corrected chi connectivity index (χ2v) is 10.8. The number of hydrogen-bond donors (Lipinski definition) is 3. The van der Waals surface area contributed by atoms with Gasteiger partial charge in [-0.15, -0.1) is 0 Å². The summed E-state index contributed by atoms with van der Waals surface area (Å²) < 4.78 is 26.4. The lowest BCUT2D eigenvalue weighted by molar-refractivity contribution is -0.115. The van der Waals surface area contributed by atoms with E-state index in [2.05, 4.69) is 31.5 Å². The third-order valence-corrected chi connectivity index (χ3v) is 8.17. The van der Waals surface area contributed by atoms with Gasteiger partial charge in [0.05, 0.1) is 26.9 Å². The summed E-state index contributed by atoms with van der Waals surface area (Å²) in [6.45, 7) is 3.46. The standard InChI is InChI=1S/C23H21BrClN3O5S/c1-3-21(34(32,33)14-6-8-26-9-7-14)23(31)27-18-12-20(29)19(11-17(18)25)28-22(30)15-5-4-13(2)10-16(15)24/h4-12,21,29H,3H2,1-2H3,(H,27,31)(H,28,30). The van der Waals surface area contributed by atoms with E-state index in [-0.39, 0.29) is 33.5 Å². The van der Waals surface area contributed by atoms with Crippen LogP contribution in [0.2, 0.25) is 5.02 Å². The van der Waals surface area contributed by atoms with E-state index in [1.165, 1.54) is 30.6 Å². The molecule has 1 unspecified atom stereocenters. The lowest BCUT2D eigenvalue weighted by atomic mass is 10.1. The number of halogens is 2. The molecule has 2 aromatic carbocycles. The number of carbonyl (C=O) groups is 2. The van der Waals surface area contributed by atoms with Crippen LogP contribution in [0.15, 0.2) is 64.2 Å². The van der Waals surface area contributed by atoms with E-state index in [4.69, 9.17) is 11.6 Å². The third-order valence-electron chi connectivity index (χ3n) is 4.98. The maximum absolute atomic E-state index is 12.9. The van der Waals surface area contributed by atoms with E-state index in [0.717, 1.165) is 11.6 Å². The summed E-state index contributed by atoms with van der Waals surface area (Å²) >= 11 is 9.60. The minimum atomic E-state index is -3.97. The van der Waals surface area contributed by atoms with Crippen LogP contribution in [0.3, 0.4) is 0 Å². The monoisotopic (exact) mass is 565 g/mol. The molecule has 3 aromatic rings. The Bertz CT molecular complexity index is 1350. The van der Waals surface area contributed by atoms with Crippen LogP contribution in [0.25, 0.3) is 0 Å². The minimum absolute atomic E-state index is 0.000541. The number of nitrogens with one attached hydrogen (secondary N) is 2. The van der Waals surface area contributed by atoms with Gasteiger partial charge in [-0.2, -0.15) is 0 Å². The fourth-order valence-electron chi connectivity index (χ4n) is 3.20. The Morgan fingerprint density at radius 3 is 2.38 bits per heavy atom. The molecule has 2 amide bonds. The van der Waals surface area contributed by atoms with Crippen molar-refractivity contribution in [2.45, 2.75) is 30.4 Å². The molecule has 0 radical (unpaired) electrons. The van der Waals surface area contributed by atoms with Crippen molar-refractivity contribution in [1.29, 1.82) is 0 Å². The highest BCUT2D eigenvalue weighted by molar-refractivity contribution is 9.10. The molecule has 3 rings (SSSR count). The van der Waals surface area contributed by atoms with E-state index in [0.29, 0.717) is 10.0 Å². The zero-order valence-electron chi connectivity index (χ0n) is 18.2. The van der Waals surface area contributed by atoms with Gasteiger partial charge >= 0.3 is 0 Å². The number of aryl methyl sites for hydroxylation is 1. The molecule has 0 aliphatic rings. The summed E-state index contributed by atoms with van der Waals surface area (Å²) in [4.78, 5) is 29.2. The Morgan fingerprint density at radius 1 is 1.09 bits per heavy atom. The van der Waals surface area contributed by atoms with Crippen molar-refractivity contribution in [1.82, 2.24) is 4.98 Å². The summed E-state index contributed by atoms with van der Waals surface area (Å²) in [5.74, 6) is -1.65. The second-order valence-electron chi connectivity index (χ2n) is 7.40. The number of sulfone groups is 1. The van der Waals surface area contributed by atoms with Gasteiger partial charge in [-0.05, 0) is 65.2 Å². The normalized spacial score (nSPS) is 12.1. The Morgan fingerprint density at radius 2 is 1.76 bits per heavy atom. The van der Waals surface area contributed by atoms with E-state index in [1.807, 2.05) is 6.92 Å². The fraction of sp³-hybridized carbons (Fsp3) is 0.174. The Hall–Kier alpha value is -2.95. The summed E-state index contributed by atoms with van der Waals surface area (Å²) in [6, 6.07) is 10.2. The molecule has 1 heterocycles. The van der Waals surface area contributed by atoms with E-state index in [9.17, 15) is 23.1 Å². The highest BCUT2D eigenvalue weighted by Gasteiger charge is 2.33. The van der Waals surface area contributed by atoms with Crippen LogP contribution in [0, 0.1) is 6.92 Å². The molecule has 0 spiro atoms. The van der Waals surface area contributed by atoms with Crippen molar-refractivity contribution in [3.8, 4) is 5.75 Å². The zero-order valence-corrected chi connectivity index (χ0v) is 21.3. The number of aromatic hydroxyl groups is 1. The number of benzene rings is 2. The highest BCUT2D eigenvalue weighted by atomic mass is 79.9. The van der Waals surface area contributed by atoms with E-state index < -0.39 is 26.9 Å². The number of phenolic OH excluding ortho intramolecular Hbond substituents is 1. The van der Waals surface area contributed by atoms with Crippen LogP contribution in [0.5, 0.6) is 5.75 Å². The summed E-state index contributed by atoms with van der Waals surface area (Å²) in [6.07, 6.45) is 2.67. The van der Waals surface area contributed by atoms with Crippen LogP contribution in [0.1, 0.15) is 29.3 Å². The first-order valence-electron chi connectivity index (χ1n) is 10.1. The van der Waals surface area contributed by atoms with Crippen molar-refractivity contribution < 1.29 is 23.1 Å². The molecule has 34 heavy (non-hydrogen) atoms. The molecule has 0 saturated carbocycles. The number of hydrogen-bond acceptors (Lipinski definition) is 6. The molecular weight excluding hydrogens is 546 g/mol. The molecule has 178 valence electrons. The van der Waals surface area contributed by atoms with Gasteiger partial charge in [-0.3, -0.25) is 14.6 Å². The summed E-state index contributed by atoms with van der Waals surface area (Å²) in [5, 5.41) is 14.1. The van der Waals surface area contributed by atoms with Crippen molar-refractivity contribution >= 4 is 60.6 Å². The number of phenols is 1. The first-order chi connectivity index (χ1) is 16.0. The number of anilines is 2. The van der Waals surface area contributed by atoms with Gasteiger partial charge in [0.25, 0.3) is 5.91 Å². The van der Waals surface area contributed by atoms with E-state index in [1.54, 1.807) is 25.1 Å². The number of aromatic nitrogens is 1. The number of amides is 2. The fourth-order valence-corrected chi connectivity index (χ4v) is 5.70. The molecule has 1 aromatic heterocycles. The van der Waals surface area contributed by atoms with Crippen molar-refractivity contribution in [2.24, 2.45) is 0 Å². The SMILES string of the molecule is CCC(C(=O)Nc1cc(O)c(NC(=O)c2ccc(C)cc2Br)cc1Cl)S(=O)(=O)c1ccncc1. The van der Waals surface area contributed by atoms with Crippen LogP contribution < -0.4 is 10.6 Å². The summed E-state index contributed by atoms with van der Waals surface area (Å²) in [5.41, 5.74) is 1.34. The van der Waals surface area contributed by atoms with Gasteiger partial charge in [0.15, 0.2) is 9.84 Å². The van der Waals surface area contributed by atoms with Crippen LogP contribution in [-0.4, -0.2) is 35.6 Å². The third kappa shape index (κ3) is 5.57. The van der Waals surface area contributed by atoms with Crippen molar-refractivity contribution in [3.63, 3.8) is 0 Å². The molecule has 0 aliphatic carbocycles. The zero-order chi connectivity index (χ0) is 25.0. The van der Waals surface area contributed by atoms with Gasteiger partial charge in [0, 0.05) is 22.9 Å². The van der Waals surface area contributed by atoms with Gasteiger partial charge in [0.2, 0.25) is 5.91 Å². The summed E-state index contributed by atoms with van der Waals surface area (Å²) in [7, 11) is -3.97. The van der Waals surface area contributed by atoms with Crippen molar-refractivity contribution in [3.05, 3.63) is 75.5 Å². The average Bonchev–Trinajstić information content (AvgIpc) is 2.78. The Labute approximate surface area is 210 Å². The first-order valence-corrected chi connectivity index (χ1v) is 12.8. The van der Waals surface area contributed by atoms with Gasteiger partial charge < -0.3 is 15.7 Å². The number of carbonyl (C=O) groups excluding carboxylic acids is 2. The predicted molar refractivity (Wildman–Crippen MR) is 134 cm³/mol. The molecule has 11 heteroatoms. The highest BCUT2D eigenvalue weighted by Crippen LogP contribution is 2.35. The van der Waals surface area contributed by atoms with Crippen LogP contribution in [-0.2, 0) is 14.6 Å². The van der Waals surface area contributed by atoms with Gasteiger partial charge in [0.1, 0.15) is 11.0 Å². The molecule has 0 saturated heterocycles. The molecule has 0 aliphatic heterocycles. The lowest BCUT2D eigenvalue weighted by Crippen LogP contribution is -2.34. The van der Waals surface area contributed by atoms with Crippen molar-refractivity contribution in [2.75, 3.05) is 10.6 Å². The number of rotatable bonds is 7. The molecule has 1 atom stereocenters. The van der Waals surface area contributed by atoms with E-state index >= 15 is 0 Å². The van der Waals surface area contributed by atoms with Crippen LogP contribution >= 0.6 is 27.5 Å². The number of pyridine rings is 1. The Kier molecular flexibility index (Phi) is 7.96. The largest absolute Gasteiger partial charge is 0.506 e. The average molecular weight is 567 g/mol.